The van der Waals surface area contributed by atoms with Gasteiger partial charge in [0.25, 0.3) is 0 Å². The smallest absolute Gasteiger partial charge is 0.331 e. The molecule has 0 bridgehead atoms. The lowest BCUT2D eigenvalue weighted by Crippen LogP contribution is -2.13. The molecule has 0 heterocycles. The first-order chi connectivity index (χ1) is 14.3. The first kappa shape index (κ1) is 23.0. The molecule has 0 spiro atoms. The zero-order chi connectivity index (χ0) is 22.1. The third-order valence-corrected chi connectivity index (χ3v) is 4.10. The van der Waals surface area contributed by atoms with E-state index in [1.54, 1.807) is 36.4 Å². The number of esters is 1. The molecule has 1 amide bonds. The van der Waals surface area contributed by atoms with Crippen molar-refractivity contribution in [2.75, 3.05) is 25.6 Å². The van der Waals surface area contributed by atoms with Crippen LogP contribution in [0.1, 0.15) is 29.8 Å². The van der Waals surface area contributed by atoms with Gasteiger partial charge in [0.2, 0.25) is 5.91 Å². The molecule has 1 N–H and O–H groups in total. The number of benzene rings is 2. The van der Waals surface area contributed by atoms with Gasteiger partial charge in [0.15, 0.2) is 23.9 Å². The number of carbonyl (C=O) groups excluding carboxylic acids is 3. The topological polar surface area (TPSA) is 90.9 Å². The van der Waals surface area contributed by atoms with Gasteiger partial charge in [-0.3, -0.25) is 9.59 Å². The number of hydrogen-bond donors (Lipinski definition) is 1. The van der Waals surface area contributed by atoms with Gasteiger partial charge in [0.1, 0.15) is 0 Å². The molecule has 0 aliphatic heterocycles. The van der Waals surface area contributed by atoms with Gasteiger partial charge in [-0.1, -0.05) is 11.6 Å². The van der Waals surface area contributed by atoms with E-state index in [4.69, 9.17) is 25.8 Å². The lowest BCUT2D eigenvalue weighted by Gasteiger charge is -2.11. The lowest BCUT2D eigenvalue weighted by atomic mass is 10.1. The number of amides is 1. The summed E-state index contributed by atoms with van der Waals surface area (Å²) in [6, 6.07) is 9.59. The van der Waals surface area contributed by atoms with Crippen LogP contribution in [-0.2, 0) is 14.3 Å². The standard InChI is InChI=1S/C22H22ClNO6/c1-4-29-20-12-15(11-18(23)22(20)28-3)5-10-21(27)30-13-19(26)16-6-8-17(9-7-16)24-14(2)25/h5-12H,4,13H2,1-3H3,(H,24,25)/b10-5+. The van der Waals surface area contributed by atoms with Gasteiger partial charge >= 0.3 is 5.97 Å². The maximum Gasteiger partial charge on any atom is 0.331 e. The SMILES string of the molecule is CCOc1cc(/C=C/C(=O)OCC(=O)c2ccc(NC(C)=O)cc2)cc(Cl)c1OC. The number of ketones is 1. The van der Waals surface area contributed by atoms with E-state index in [0.717, 1.165) is 0 Å². The maximum absolute atomic E-state index is 12.2. The summed E-state index contributed by atoms with van der Waals surface area (Å²) >= 11 is 6.17. The van der Waals surface area contributed by atoms with Crippen LogP contribution >= 0.6 is 11.6 Å². The van der Waals surface area contributed by atoms with E-state index in [9.17, 15) is 14.4 Å². The van der Waals surface area contributed by atoms with Crippen molar-refractivity contribution in [3.63, 3.8) is 0 Å². The molecular weight excluding hydrogens is 410 g/mol. The predicted octanol–water partition coefficient (Wildman–Crippen LogP) is 4.15. The summed E-state index contributed by atoms with van der Waals surface area (Å²) in [5.41, 5.74) is 1.55. The number of rotatable bonds is 9. The molecule has 0 unspecified atom stereocenters. The number of hydrogen-bond acceptors (Lipinski definition) is 6. The first-order valence-corrected chi connectivity index (χ1v) is 9.47. The number of Topliss-reactive ketones (excluding diaryl/α,β-unsaturated/α-hetero) is 1. The van der Waals surface area contributed by atoms with E-state index in [2.05, 4.69) is 5.32 Å². The van der Waals surface area contributed by atoms with Gasteiger partial charge < -0.3 is 19.5 Å². The Morgan fingerprint density at radius 3 is 2.43 bits per heavy atom. The highest BCUT2D eigenvalue weighted by molar-refractivity contribution is 6.32. The van der Waals surface area contributed by atoms with Gasteiger partial charge in [0, 0.05) is 24.3 Å². The van der Waals surface area contributed by atoms with Crippen molar-refractivity contribution in [3.8, 4) is 11.5 Å². The van der Waals surface area contributed by atoms with E-state index in [-0.39, 0.29) is 11.7 Å². The van der Waals surface area contributed by atoms with Crippen LogP contribution in [0.3, 0.4) is 0 Å². The third-order valence-electron chi connectivity index (χ3n) is 3.82. The van der Waals surface area contributed by atoms with Crippen molar-refractivity contribution in [2.24, 2.45) is 0 Å². The molecule has 30 heavy (non-hydrogen) atoms. The van der Waals surface area contributed by atoms with E-state index in [1.807, 2.05) is 6.92 Å². The highest BCUT2D eigenvalue weighted by Gasteiger charge is 2.12. The molecule has 0 radical (unpaired) electrons. The van der Waals surface area contributed by atoms with Crippen molar-refractivity contribution in [3.05, 3.63) is 58.6 Å². The van der Waals surface area contributed by atoms with Crippen LogP contribution in [0.2, 0.25) is 5.02 Å². The maximum atomic E-state index is 12.2. The fraction of sp³-hybridized carbons (Fsp3) is 0.227. The van der Waals surface area contributed by atoms with Gasteiger partial charge in [-0.25, -0.2) is 4.79 Å². The van der Waals surface area contributed by atoms with Crippen molar-refractivity contribution >= 4 is 41.0 Å². The Morgan fingerprint density at radius 2 is 1.83 bits per heavy atom. The summed E-state index contributed by atoms with van der Waals surface area (Å²) in [5.74, 6) is -0.381. The largest absolute Gasteiger partial charge is 0.491 e. The highest BCUT2D eigenvalue weighted by Crippen LogP contribution is 2.36. The first-order valence-electron chi connectivity index (χ1n) is 9.10. The van der Waals surface area contributed by atoms with Crippen LogP contribution in [0.25, 0.3) is 6.08 Å². The molecule has 0 aliphatic rings. The highest BCUT2D eigenvalue weighted by atomic mass is 35.5. The molecular formula is C22H22ClNO6. The molecule has 158 valence electrons. The minimum absolute atomic E-state index is 0.207. The van der Waals surface area contributed by atoms with Crippen LogP contribution < -0.4 is 14.8 Å². The van der Waals surface area contributed by atoms with Crippen LogP contribution in [0.15, 0.2) is 42.5 Å². The minimum atomic E-state index is -0.678. The molecule has 0 fully saturated rings. The molecule has 0 atom stereocenters. The average Bonchev–Trinajstić information content (AvgIpc) is 2.70. The predicted molar refractivity (Wildman–Crippen MR) is 114 cm³/mol. The number of ether oxygens (including phenoxy) is 3. The number of carbonyl (C=O) groups is 3. The molecule has 0 saturated heterocycles. The molecule has 2 rings (SSSR count). The van der Waals surface area contributed by atoms with Gasteiger partial charge in [-0.15, -0.1) is 0 Å². The number of halogens is 1. The summed E-state index contributed by atoms with van der Waals surface area (Å²) in [5, 5.41) is 2.95. The Kier molecular flexibility index (Phi) is 8.43. The summed E-state index contributed by atoms with van der Waals surface area (Å²) in [7, 11) is 1.49. The van der Waals surface area contributed by atoms with Crippen LogP contribution in [0, 0.1) is 0 Å². The Bertz CT molecular complexity index is 953. The number of anilines is 1. The van der Waals surface area contributed by atoms with Gasteiger partial charge in [-0.2, -0.15) is 0 Å². The monoisotopic (exact) mass is 431 g/mol. The molecule has 0 saturated carbocycles. The van der Waals surface area contributed by atoms with Crippen molar-refractivity contribution in [1.82, 2.24) is 0 Å². The zero-order valence-electron chi connectivity index (χ0n) is 16.9. The van der Waals surface area contributed by atoms with Crippen molar-refractivity contribution in [2.45, 2.75) is 13.8 Å². The Balaban J connectivity index is 1.96. The van der Waals surface area contributed by atoms with E-state index in [0.29, 0.717) is 39.9 Å². The minimum Gasteiger partial charge on any atom is -0.491 e. The third kappa shape index (κ3) is 6.63. The number of methoxy groups -OCH3 is 1. The quantitative estimate of drug-likeness (QED) is 0.364. The average molecular weight is 432 g/mol. The van der Waals surface area contributed by atoms with E-state index < -0.39 is 12.6 Å². The molecule has 7 nitrogen and oxygen atoms in total. The van der Waals surface area contributed by atoms with E-state index in [1.165, 1.54) is 26.2 Å². The van der Waals surface area contributed by atoms with Crippen LogP contribution in [-0.4, -0.2) is 38.0 Å². The normalized spacial score (nSPS) is 10.5. The van der Waals surface area contributed by atoms with Crippen LogP contribution in [0.5, 0.6) is 11.5 Å². The Morgan fingerprint density at radius 1 is 1.13 bits per heavy atom. The molecule has 0 aromatic heterocycles. The summed E-state index contributed by atoms with van der Waals surface area (Å²) in [6.07, 6.45) is 2.70. The second-order valence-corrected chi connectivity index (χ2v) is 6.50. The van der Waals surface area contributed by atoms with Crippen molar-refractivity contribution < 1.29 is 28.6 Å². The molecule has 2 aromatic carbocycles. The van der Waals surface area contributed by atoms with Crippen LogP contribution in [0.4, 0.5) is 5.69 Å². The zero-order valence-corrected chi connectivity index (χ0v) is 17.6. The lowest BCUT2D eigenvalue weighted by molar-refractivity contribution is -0.136. The van der Waals surface area contributed by atoms with Gasteiger partial charge in [0.05, 0.1) is 18.7 Å². The van der Waals surface area contributed by atoms with E-state index >= 15 is 0 Å². The Hall–Kier alpha value is -3.32. The molecule has 8 heteroatoms. The second-order valence-electron chi connectivity index (χ2n) is 6.09. The summed E-state index contributed by atoms with van der Waals surface area (Å²) in [4.78, 5) is 35.1. The Labute approximate surface area is 179 Å². The van der Waals surface area contributed by atoms with Gasteiger partial charge in [-0.05, 0) is 55.0 Å². The summed E-state index contributed by atoms with van der Waals surface area (Å²) in [6.45, 7) is 3.24. The fourth-order valence-corrected chi connectivity index (χ4v) is 2.82. The number of nitrogens with one attached hydrogen (secondary N) is 1. The fourth-order valence-electron chi connectivity index (χ4n) is 2.52. The molecule has 0 aliphatic carbocycles. The summed E-state index contributed by atoms with van der Waals surface area (Å²) < 4.78 is 15.7. The molecule has 2 aromatic rings. The second kappa shape index (κ2) is 11.0. The van der Waals surface area contributed by atoms with Crippen molar-refractivity contribution in [1.29, 1.82) is 0 Å².